The number of carbonyl (C=O) groups is 3. The van der Waals surface area contributed by atoms with Gasteiger partial charge >= 0.3 is 0 Å². The lowest BCUT2D eigenvalue weighted by atomic mass is 9.70. The second-order valence-electron chi connectivity index (χ2n) is 12.1. The number of ether oxygens (including phenoxy) is 1. The minimum Gasteiger partial charge on any atom is -0.494 e. The van der Waals surface area contributed by atoms with Crippen LogP contribution in [-0.4, -0.2) is 70.1 Å². The minimum atomic E-state index is -0.872. The van der Waals surface area contributed by atoms with Crippen LogP contribution in [0.3, 0.4) is 0 Å². The smallest absolute Gasteiger partial charge is 0.248 e. The second kappa shape index (κ2) is 13.4. The topological polar surface area (TPSA) is 111 Å². The standard InChI is InChI=1S/C36H42N4O5S/c1-4-39(5-2)26-16-12-24(13-17-26)38-34(43)32-36-21-20-29(46-36)30(33(42)37-25-14-18-27(19-15-25)45-6-3)31(36)35(44)40(32)28(22-41)23-10-8-7-9-11-23/h7-19,28-32,41H,4-6,20-22H2,1-3H3,(H,37,42)(H,38,43)/t28-,29+,30-,31+,32?,36?/m1/s1. The third-order valence-corrected chi connectivity index (χ3v) is 11.6. The summed E-state index contributed by atoms with van der Waals surface area (Å²) in [6.45, 7) is 8.06. The number of amides is 3. The first-order chi connectivity index (χ1) is 22.3. The zero-order chi connectivity index (χ0) is 32.4. The highest BCUT2D eigenvalue weighted by Gasteiger charge is 2.74. The maximum Gasteiger partial charge on any atom is 0.248 e. The molecular formula is C36H42N4O5S. The van der Waals surface area contributed by atoms with Crippen molar-refractivity contribution in [1.29, 1.82) is 0 Å². The molecule has 242 valence electrons. The van der Waals surface area contributed by atoms with Crippen molar-refractivity contribution in [2.45, 2.75) is 55.7 Å². The summed E-state index contributed by atoms with van der Waals surface area (Å²) in [6, 6.07) is 22.6. The summed E-state index contributed by atoms with van der Waals surface area (Å²) in [7, 11) is 0. The SMILES string of the molecule is CCOc1ccc(NC(=O)[C@@H]2[C@@H]3CCC4(S3)C(C(=O)Nc3ccc(N(CC)CC)cc3)N([C@H](CO)c3ccccc3)C(=O)[C@H]24)cc1. The van der Waals surface area contributed by atoms with Crippen molar-refractivity contribution in [3.8, 4) is 5.75 Å². The predicted octanol–water partition coefficient (Wildman–Crippen LogP) is 5.33. The molecule has 3 aromatic rings. The van der Waals surface area contributed by atoms with E-state index in [1.165, 1.54) is 0 Å². The monoisotopic (exact) mass is 642 g/mol. The molecule has 0 aromatic heterocycles. The van der Waals surface area contributed by atoms with Crippen molar-refractivity contribution < 1.29 is 24.2 Å². The number of benzene rings is 3. The Balaban J connectivity index is 1.33. The fourth-order valence-corrected chi connectivity index (χ4v) is 9.84. The molecule has 2 bridgehead atoms. The van der Waals surface area contributed by atoms with E-state index < -0.39 is 28.7 Å². The summed E-state index contributed by atoms with van der Waals surface area (Å²) < 4.78 is 4.74. The molecule has 3 aliphatic heterocycles. The van der Waals surface area contributed by atoms with Crippen LogP contribution in [0.1, 0.15) is 45.2 Å². The molecule has 3 aromatic carbocycles. The number of thioether (sulfide) groups is 1. The fraction of sp³-hybridized carbons (Fsp3) is 0.417. The molecule has 0 saturated carbocycles. The van der Waals surface area contributed by atoms with Gasteiger partial charge in [-0.15, -0.1) is 11.8 Å². The van der Waals surface area contributed by atoms with Gasteiger partial charge in [0.25, 0.3) is 0 Å². The fourth-order valence-electron chi connectivity index (χ4n) is 7.64. The maximum atomic E-state index is 14.6. The van der Waals surface area contributed by atoms with Crippen LogP contribution in [0.15, 0.2) is 78.9 Å². The van der Waals surface area contributed by atoms with Gasteiger partial charge in [-0.2, -0.15) is 0 Å². The molecule has 0 radical (unpaired) electrons. The van der Waals surface area contributed by atoms with E-state index in [-0.39, 0.29) is 29.6 Å². The van der Waals surface area contributed by atoms with Gasteiger partial charge in [0.2, 0.25) is 17.7 Å². The number of aliphatic hydroxyl groups is 1. The van der Waals surface area contributed by atoms with E-state index >= 15 is 0 Å². The zero-order valence-corrected chi connectivity index (χ0v) is 27.3. The van der Waals surface area contributed by atoms with Crippen LogP contribution in [0.5, 0.6) is 5.75 Å². The summed E-state index contributed by atoms with van der Waals surface area (Å²) in [4.78, 5) is 46.8. The molecule has 3 saturated heterocycles. The van der Waals surface area contributed by atoms with Crippen LogP contribution in [0.4, 0.5) is 17.1 Å². The quantitative estimate of drug-likeness (QED) is 0.245. The molecule has 3 aliphatic rings. The molecule has 2 unspecified atom stereocenters. The Morgan fingerprint density at radius 2 is 1.59 bits per heavy atom. The molecule has 0 aliphatic carbocycles. The number of anilines is 3. The molecule has 46 heavy (non-hydrogen) atoms. The van der Waals surface area contributed by atoms with Crippen LogP contribution >= 0.6 is 11.8 Å². The minimum absolute atomic E-state index is 0.0910. The average Bonchev–Trinajstić information content (AvgIpc) is 3.72. The van der Waals surface area contributed by atoms with Gasteiger partial charge < -0.3 is 30.3 Å². The Labute approximate surface area is 274 Å². The molecule has 6 rings (SSSR count). The highest BCUT2D eigenvalue weighted by atomic mass is 32.2. The van der Waals surface area contributed by atoms with Gasteiger partial charge in [0.15, 0.2) is 0 Å². The lowest BCUT2D eigenvalue weighted by Crippen LogP contribution is -2.52. The van der Waals surface area contributed by atoms with E-state index in [1.54, 1.807) is 40.9 Å². The Morgan fingerprint density at radius 1 is 0.957 bits per heavy atom. The molecule has 3 amide bonds. The molecule has 1 spiro atoms. The van der Waals surface area contributed by atoms with E-state index in [1.807, 2.05) is 61.5 Å². The first-order valence-electron chi connectivity index (χ1n) is 16.2. The van der Waals surface area contributed by atoms with Crippen LogP contribution in [-0.2, 0) is 14.4 Å². The van der Waals surface area contributed by atoms with Crippen molar-refractivity contribution in [3.63, 3.8) is 0 Å². The van der Waals surface area contributed by atoms with E-state index in [2.05, 4.69) is 29.4 Å². The first kappa shape index (κ1) is 31.9. The van der Waals surface area contributed by atoms with E-state index in [0.717, 1.165) is 30.8 Å². The first-order valence-corrected chi connectivity index (χ1v) is 17.1. The van der Waals surface area contributed by atoms with Gasteiger partial charge in [0, 0.05) is 35.4 Å². The van der Waals surface area contributed by atoms with Gasteiger partial charge in [0.05, 0.1) is 35.8 Å². The molecule has 3 heterocycles. The number of rotatable bonds is 12. The largest absolute Gasteiger partial charge is 0.494 e. The van der Waals surface area contributed by atoms with Crippen molar-refractivity contribution in [2.75, 3.05) is 41.8 Å². The second-order valence-corrected chi connectivity index (χ2v) is 13.7. The molecular weight excluding hydrogens is 600 g/mol. The number of nitrogens with one attached hydrogen (secondary N) is 2. The average molecular weight is 643 g/mol. The van der Waals surface area contributed by atoms with E-state index in [0.29, 0.717) is 30.2 Å². The van der Waals surface area contributed by atoms with Crippen molar-refractivity contribution in [1.82, 2.24) is 4.90 Å². The lowest BCUT2D eigenvalue weighted by Gasteiger charge is -2.37. The summed E-state index contributed by atoms with van der Waals surface area (Å²) in [5.41, 5.74) is 3.06. The number of aliphatic hydroxyl groups excluding tert-OH is 1. The number of likely N-dealkylation sites (tertiary alicyclic amines) is 1. The van der Waals surface area contributed by atoms with Gasteiger partial charge in [-0.05, 0) is 87.7 Å². The summed E-state index contributed by atoms with van der Waals surface area (Å²) in [6.07, 6.45) is 1.36. The van der Waals surface area contributed by atoms with Crippen LogP contribution in [0, 0.1) is 11.8 Å². The van der Waals surface area contributed by atoms with Gasteiger partial charge in [-0.1, -0.05) is 30.3 Å². The lowest BCUT2D eigenvalue weighted by molar-refractivity contribution is -0.141. The van der Waals surface area contributed by atoms with Crippen LogP contribution < -0.4 is 20.3 Å². The summed E-state index contributed by atoms with van der Waals surface area (Å²) in [5.74, 6) is -1.39. The van der Waals surface area contributed by atoms with Crippen LogP contribution in [0.2, 0.25) is 0 Å². The zero-order valence-electron chi connectivity index (χ0n) is 26.5. The number of hydrogen-bond donors (Lipinski definition) is 3. The number of carbonyl (C=O) groups excluding carboxylic acids is 3. The maximum absolute atomic E-state index is 14.6. The van der Waals surface area contributed by atoms with E-state index in [9.17, 15) is 19.5 Å². The Kier molecular flexibility index (Phi) is 9.29. The van der Waals surface area contributed by atoms with Gasteiger partial charge in [-0.3, -0.25) is 14.4 Å². The predicted molar refractivity (Wildman–Crippen MR) is 182 cm³/mol. The van der Waals surface area contributed by atoms with Crippen molar-refractivity contribution in [3.05, 3.63) is 84.4 Å². The summed E-state index contributed by atoms with van der Waals surface area (Å²) in [5, 5.41) is 16.8. The Hall–Kier alpha value is -4.02. The molecule has 9 nitrogen and oxygen atoms in total. The molecule has 3 N–H and O–H groups in total. The number of hydrogen-bond acceptors (Lipinski definition) is 7. The highest BCUT2D eigenvalue weighted by Crippen LogP contribution is 2.67. The van der Waals surface area contributed by atoms with Crippen molar-refractivity contribution in [2.24, 2.45) is 11.8 Å². The molecule has 6 atom stereocenters. The van der Waals surface area contributed by atoms with E-state index in [4.69, 9.17) is 4.74 Å². The number of fused-ring (bicyclic) bond motifs is 1. The number of nitrogens with zero attached hydrogens (tertiary/aromatic N) is 2. The van der Waals surface area contributed by atoms with Crippen molar-refractivity contribution >= 4 is 46.5 Å². The third-order valence-electron chi connectivity index (χ3n) is 9.68. The normalized spacial score (nSPS) is 25.2. The Morgan fingerprint density at radius 3 is 2.20 bits per heavy atom. The summed E-state index contributed by atoms with van der Waals surface area (Å²) >= 11 is 1.60. The highest BCUT2D eigenvalue weighted by molar-refractivity contribution is 8.02. The van der Waals surface area contributed by atoms with Gasteiger partial charge in [-0.25, -0.2) is 0 Å². The molecule has 3 fully saturated rings. The van der Waals surface area contributed by atoms with Crippen LogP contribution in [0.25, 0.3) is 0 Å². The molecule has 10 heteroatoms. The van der Waals surface area contributed by atoms with Gasteiger partial charge in [0.1, 0.15) is 11.8 Å². The Bertz CT molecular complexity index is 1550. The third kappa shape index (κ3) is 5.62.